The van der Waals surface area contributed by atoms with E-state index < -0.39 is 0 Å². The van der Waals surface area contributed by atoms with Gasteiger partial charge in [0.25, 0.3) is 0 Å². The first-order valence-corrected chi connectivity index (χ1v) is 12.0. The van der Waals surface area contributed by atoms with Gasteiger partial charge in [-0.15, -0.1) is 0 Å². The predicted molar refractivity (Wildman–Crippen MR) is 136 cm³/mol. The highest BCUT2D eigenvalue weighted by Crippen LogP contribution is 2.31. The van der Waals surface area contributed by atoms with Crippen molar-refractivity contribution >= 4 is 5.69 Å². The molecule has 1 aliphatic heterocycles. The van der Waals surface area contributed by atoms with E-state index in [9.17, 15) is 0 Å². The van der Waals surface area contributed by atoms with Crippen LogP contribution in [0.3, 0.4) is 0 Å². The van der Waals surface area contributed by atoms with E-state index in [0.717, 1.165) is 62.4 Å². The Morgan fingerprint density at radius 1 is 0.788 bits per heavy atom. The molecule has 0 atom stereocenters. The minimum atomic E-state index is 0.509. The number of nitrogens with zero attached hydrogens (tertiary/aromatic N) is 3. The van der Waals surface area contributed by atoms with Crippen molar-refractivity contribution in [2.45, 2.75) is 31.7 Å². The first-order chi connectivity index (χ1) is 16.2. The molecule has 4 heteroatoms. The fourth-order valence-corrected chi connectivity index (χ4v) is 4.83. The van der Waals surface area contributed by atoms with Crippen LogP contribution in [-0.4, -0.2) is 34.3 Å². The van der Waals surface area contributed by atoms with Gasteiger partial charge in [0.15, 0.2) is 0 Å². The van der Waals surface area contributed by atoms with E-state index in [-0.39, 0.29) is 0 Å². The molecule has 4 nitrogen and oxygen atoms in total. The number of likely N-dealkylation sites (tertiary alicyclic amines) is 1. The van der Waals surface area contributed by atoms with E-state index in [0.29, 0.717) is 5.92 Å². The van der Waals surface area contributed by atoms with Crippen LogP contribution in [0, 0.1) is 0 Å². The van der Waals surface area contributed by atoms with E-state index in [1.165, 1.54) is 16.8 Å². The zero-order chi connectivity index (χ0) is 22.5. The largest absolute Gasteiger partial charge is 0.399 e. The molecule has 4 aromatic rings. The normalized spacial score (nSPS) is 15.0. The van der Waals surface area contributed by atoms with Crippen molar-refractivity contribution in [2.75, 3.05) is 25.4 Å². The van der Waals surface area contributed by atoms with Gasteiger partial charge >= 0.3 is 0 Å². The van der Waals surface area contributed by atoms with Crippen LogP contribution in [0.2, 0.25) is 0 Å². The SMILES string of the molecule is Nc1cccc(-c2cc(C3CCN(CCc4ccccc4)CC3)nn2Cc2ccccc2)c1. The monoisotopic (exact) mass is 436 g/mol. The van der Waals surface area contributed by atoms with Gasteiger partial charge in [-0.3, -0.25) is 4.68 Å². The number of rotatable bonds is 7. The minimum absolute atomic E-state index is 0.509. The van der Waals surface area contributed by atoms with Crippen LogP contribution in [0.25, 0.3) is 11.3 Å². The van der Waals surface area contributed by atoms with Crippen LogP contribution in [0.5, 0.6) is 0 Å². The fourth-order valence-electron chi connectivity index (χ4n) is 4.83. The van der Waals surface area contributed by atoms with Gasteiger partial charge in [-0.2, -0.15) is 5.10 Å². The molecule has 5 rings (SSSR count). The first kappa shape index (κ1) is 21.5. The van der Waals surface area contributed by atoms with Crippen LogP contribution >= 0.6 is 0 Å². The summed E-state index contributed by atoms with van der Waals surface area (Å²) in [6.07, 6.45) is 3.44. The molecule has 1 aromatic heterocycles. The summed E-state index contributed by atoms with van der Waals surface area (Å²) < 4.78 is 2.15. The number of hydrogen-bond donors (Lipinski definition) is 1. The summed E-state index contributed by atoms with van der Waals surface area (Å²) in [4.78, 5) is 2.60. The second-order valence-electron chi connectivity index (χ2n) is 9.07. The Morgan fingerprint density at radius 2 is 1.48 bits per heavy atom. The number of nitrogens with two attached hydrogens (primary N) is 1. The standard InChI is InChI=1S/C29H32N4/c30-27-13-7-12-26(20-27)29-21-28(31-33(29)22-24-10-5-2-6-11-24)25-15-18-32(19-16-25)17-14-23-8-3-1-4-9-23/h1-13,20-21,25H,14-19,22,30H2. The molecule has 2 heterocycles. The Balaban J connectivity index is 1.30. The first-order valence-electron chi connectivity index (χ1n) is 12.0. The zero-order valence-electron chi connectivity index (χ0n) is 19.1. The van der Waals surface area contributed by atoms with Crippen LogP contribution in [0.1, 0.15) is 35.6 Å². The fraction of sp³-hybridized carbons (Fsp3) is 0.276. The molecule has 0 aliphatic carbocycles. The highest BCUT2D eigenvalue weighted by atomic mass is 15.3. The predicted octanol–water partition coefficient (Wildman–Crippen LogP) is 5.60. The van der Waals surface area contributed by atoms with E-state index in [1.54, 1.807) is 0 Å². The third-order valence-corrected chi connectivity index (χ3v) is 6.72. The molecule has 0 saturated carbocycles. The Labute approximate surface area is 196 Å². The molecular weight excluding hydrogens is 404 g/mol. The molecule has 0 unspecified atom stereocenters. The number of benzene rings is 3. The summed E-state index contributed by atoms with van der Waals surface area (Å²) >= 11 is 0. The molecule has 33 heavy (non-hydrogen) atoms. The third kappa shape index (κ3) is 5.35. The average molecular weight is 437 g/mol. The van der Waals surface area contributed by atoms with Gasteiger partial charge < -0.3 is 10.6 Å². The van der Waals surface area contributed by atoms with Crippen LogP contribution in [-0.2, 0) is 13.0 Å². The van der Waals surface area contributed by atoms with Crippen molar-refractivity contribution in [2.24, 2.45) is 0 Å². The molecule has 168 valence electrons. The molecule has 2 N–H and O–H groups in total. The van der Waals surface area contributed by atoms with Gasteiger partial charge in [-0.1, -0.05) is 72.8 Å². The van der Waals surface area contributed by atoms with Crippen LogP contribution < -0.4 is 5.73 Å². The smallest absolute Gasteiger partial charge is 0.0690 e. The van der Waals surface area contributed by atoms with E-state index in [1.807, 2.05) is 12.1 Å². The molecule has 1 fully saturated rings. The third-order valence-electron chi connectivity index (χ3n) is 6.72. The number of aromatic nitrogens is 2. The van der Waals surface area contributed by atoms with E-state index in [4.69, 9.17) is 10.8 Å². The lowest BCUT2D eigenvalue weighted by atomic mass is 9.93. The maximum Gasteiger partial charge on any atom is 0.0690 e. The van der Waals surface area contributed by atoms with E-state index >= 15 is 0 Å². The molecule has 1 saturated heterocycles. The minimum Gasteiger partial charge on any atom is -0.399 e. The number of nitrogen functional groups attached to an aromatic ring is 1. The zero-order valence-corrected chi connectivity index (χ0v) is 19.1. The van der Waals surface area contributed by atoms with Gasteiger partial charge in [0.05, 0.1) is 17.9 Å². The summed E-state index contributed by atoms with van der Waals surface area (Å²) in [5.41, 5.74) is 13.1. The van der Waals surface area contributed by atoms with Gasteiger partial charge in [0.2, 0.25) is 0 Å². The van der Waals surface area contributed by atoms with Crippen molar-refractivity contribution in [1.82, 2.24) is 14.7 Å². The van der Waals surface area contributed by atoms with Crippen LogP contribution in [0.4, 0.5) is 5.69 Å². The quantitative estimate of drug-likeness (QED) is 0.384. The molecule has 0 amide bonds. The molecule has 0 bridgehead atoms. The second-order valence-corrected chi connectivity index (χ2v) is 9.07. The number of hydrogen-bond acceptors (Lipinski definition) is 3. The molecule has 1 aliphatic rings. The van der Waals surface area contributed by atoms with Gasteiger partial charge in [0, 0.05) is 23.7 Å². The summed E-state index contributed by atoms with van der Waals surface area (Å²) in [5.74, 6) is 0.509. The van der Waals surface area contributed by atoms with Crippen molar-refractivity contribution in [3.63, 3.8) is 0 Å². The Hall–Kier alpha value is -3.37. The lowest BCUT2D eigenvalue weighted by Gasteiger charge is -2.31. The molecule has 0 radical (unpaired) electrons. The summed E-state index contributed by atoms with van der Waals surface area (Å²) in [6, 6.07) is 31.8. The van der Waals surface area contributed by atoms with Gasteiger partial charge in [-0.25, -0.2) is 0 Å². The van der Waals surface area contributed by atoms with Gasteiger partial charge in [0.1, 0.15) is 0 Å². The highest BCUT2D eigenvalue weighted by molar-refractivity contribution is 5.65. The van der Waals surface area contributed by atoms with Gasteiger partial charge in [-0.05, 0) is 61.7 Å². The lowest BCUT2D eigenvalue weighted by molar-refractivity contribution is 0.213. The van der Waals surface area contributed by atoms with E-state index in [2.05, 4.69) is 88.4 Å². The number of anilines is 1. The van der Waals surface area contributed by atoms with Crippen molar-refractivity contribution < 1.29 is 0 Å². The van der Waals surface area contributed by atoms with Crippen molar-refractivity contribution in [3.05, 3.63) is 108 Å². The topological polar surface area (TPSA) is 47.1 Å². The summed E-state index contributed by atoms with van der Waals surface area (Å²) in [7, 11) is 0. The summed E-state index contributed by atoms with van der Waals surface area (Å²) in [5, 5.41) is 5.11. The molecule has 3 aromatic carbocycles. The molecule has 0 spiro atoms. The highest BCUT2D eigenvalue weighted by Gasteiger charge is 2.24. The van der Waals surface area contributed by atoms with Crippen LogP contribution in [0.15, 0.2) is 91.0 Å². The Kier molecular flexibility index (Phi) is 6.54. The second kappa shape index (κ2) is 10.1. The average Bonchev–Trinajstić information content (AvgIpc) is 3.28. The Morgan fingerprint density at radius 3 is 2.18 bits per heavy atom. The summed E-state index contributed by atoms with van der Waals surface area (Å²) in [6.45, 7) is 4.17. The van der Waals surface area contributed by atoms with Crippen molar-refractivity contribution in [1.29, 1.82) is 0 Å². The maximum atomic E-state index is 6.10. The Bertz CT molecular complexity index is 1160. The maximum absolute atomic E-state index is 6.10. The number of piperidine rings is 1. The lowest BCUT2D eigenvalue weighted by Crippen LogP contribution is -2.34. The molecular formula is C29H32N4. The van der Waals surface area contributed by atoms with Crippen molar-refractivity contribution in [3.8, 4) is 11.3 Å².